The highest BCUT2D eigenvalue weighted by Gasteiger charge is 2.29. The molecule has 0 spiro atoms. The molecule has 1 unspecified atom stereocenters. The molecule has 2 aromatic heterocycles. The molecular weight excluding hydrogens is 278 g/mol. The summed E-state index contributed by atoms with van der Waals surface area (Å²) in [5.74, 6) is 1.56. The van der Waals surface area contributed by atoms with Gasteiger partial charge in [0.15, 0.2) is 5.82 Å². The first-order valence-electron chi connectivity index (χ1n) is 6.41. The first-order chi connectivity index (χ1) is 9.58. The largest absolute Gasteiger partial charge is 0.495 e. The van der Waals surface area contributed by atoms with Crippen LogP contribution in [0.15, 0.2) is 16.0 Å². The monoisotopic (exact) mass is 297 g/mol. The van der Waals surface area contributed by atoms with Crippen LogP contribution in [0.1, 0.15) is 26.1 Å². The highest BCUT2D eigenvalue weighted by molar-refractivity contribution is 7.13. The SMILES string of the molecule is CCCOCC(C)(N)c1noc(-c2sccc2OC)n1. The molecule has 20 heavy (non-hydrogen) atoms. The van der Waals surface area contributed by atoms with Crippen LogP contribution < -0.4 is 10.5 Å². The van der Waals surface area contributed by atoms with Crippen molar-refractivity contribution in [2.45, 2.75) is 25.8 Å². The molecule has 2 aromatic rings. The lowest BCUT2D eigenvalue weighted by Gasteiger charge is -2.19. The van der Waals surface area contributed by atoms with Gasteiger partial charge in [-0.3, -0.25) is 0 Å². The molecule has 6 nitrogen and oxygen atoms in total. The quantitative estimate of drug-likeness (QED) is 0.790. The number of methoxy groups -OCH3 is 1. The van der Waals surface area contributed by atoms with Crippen molar-refractivity contribution in [2.75, 3.05) is 20.3 Å². The smallest absolute Gasteiger partial charge is 0.271 e. The molecule has 0 amide bonds. The second-order valence-corrected chi connectivity index (χ2v) is 5.63. The van der Waals surface area contributed by atoms with E-state index in [1.165, 1.54) is 11.3 Å². The molecule has 1 atom stereocenters. The molecule has 0 saturated carbocycles. The minimum Gasteiger partial charge on any atom is -0.495 e. The molecule has 0 aliphatic rings. The average molecular weight is 297 g/mol. The van der Waals surface area contributed by atoms with Crippen molar-refractivity contribution in [1.29, 1.82) is 0 Å². The van der Waals surface area contributed by atoms with E-state index < -0.39 is 5.54 Å². The van der Waals surface area contributed by atoms with Gasteiger partial charge < -0.3 is 19.7 Å². The first kappa shape index (κ1) is 15.0. The lowest BCUT2D eigenvalue weighted by atomic mass is 10.1. The van der Waals surface area contributed by atoms with E-state index >= 15 is 0 Å². The van der Waals surface area contributed by atoms with Gasteiger partial charge >= 0.3 is 0 Å². The number of rotatable bonds is 7. The molecule has 2 rings (SSSR count). The van der Waals surface area contributed by atoms with Gasteiger partial charge in [0.2, 0.25) is 0 Å². The molecule has 110 valence electrons. The third-order valence-electron chi connectivity index (χ3n) is 2.73. The predicted octanol–water partition coefficient (Wildman–Crippen LogP) is 2.41. The maximum absolute atomic E-state index is 6.18. The van der Waals surface area contributed by atoms with Gasteiger partial charge in [0, 0.05) is 6.61 Å². The van der Waals surface area contributed by atoms with Crippen molar-refractivity contribution in [3.63, 3.8) is 0 Å². The van der Waals surface area contributed by atoms with Crippen LogP contribution in [0.25, 0.3) is 10.8 Å². The van der Waals surface area contributed by atoms with Crippen LogP contribution in [0.5, 0.6) is 5.75 Å². The Bertz CT molecular complexity index is 551. The Labute approximate surface area is 121 Å². The second kappa shape index (κ2) is 6.34. The van der Waals surface area contributed by atoms with Gasteiger partial charge in [-0.25, -0.2) is 0 Å². The summed E-state index contributed by atoms with van der Waals surface area (Å²) < 4.78 is 16.0. The summed E-state index contributed by atoms with van der Waals surface area (Å²) >= 11 is 1.48. The highest BCUT2D eigenvalue weighted by atomic mass is 32.1. The Morgan fingerprint density at radius 2 is 2.30 bits per heavy atom. The lowest BCUT2D eigenvalue weighted by molar-refractivity contribution is 0.0867. The zero-order valence-corrected chi connectivity index (χ0v) is 12.7. The summed E-state index contributed by atoms with van der Waals surface area (Å²) in [6.07, 6.45) is 0.944. The van der Waals surface area contributed by atoms with E-state index in [-0.39, 0.29) is 0 Å². The zero-order valence-electron chi connectivity index (χ0n) is 11.9. The minimum absolute atomic E-state index is 0.349. The molecule has 0 radical (unpaired) electrons. The van der Waals surface area contributed by atoms with Crippen LogP contribution in [0.2, 0.25) is 0 Å². The van der Waals surface area contributed by atoms with E-state index in [1.54, 1.807) is 7.11 Å². The van der Waals surface area contributed by atoms with Crippen molar-refractivity contribution in [2.24, 2.45) is 5.73 Å². The van der Waals surface area contributed by atoms with Crippen molar-refractivity contribution >= 4 is 11.3 Å². The third kappa shape index (κ3) is 3.17. The molecule has 0 fully saturated rings. The van der Waals surface area contributed by atoms with E-state index in [1.807, 2.05) is 25.3 Å². The molecule has 7 heteroatoms. The highest BCUT2D eigenvalue weighted by Crippen LogP contribution is 2.34. The molecule has 0 aliphatic heterocycles. The summed E-state index contributed by atoms with van der Waals surface area (Å²) in [6.45, 7) is 4.88. The Balaban J connectivity index is 2.16. The van der Waals surface area contributed by atoms with Crippen LogP contribution in [0.4, 0.5) is 0 Å². The number of nitrogens with zero attached hydrogens (tertiary/aromatic N) is 2. The summed E-state index contributed by atoms with van der Waals surface area (Å²) in [4.78, 5) is 5.16. The van der Waals surface area contributed by atoms with E-state index in [4.69, 9.17) is 19.7 Å². The van der Waals surface area contributed by atoms with E-state index in [2.05, 4.69) is 10.1 Å². The molecule has 0 bridgehead atoms. The number of nitrogens with two attached hydrogens (primary N) is 1. The molecule has 0 aromatic carbocycles. The van der Waals surface area contributed by atoms with Gasteiger partial charge in [0.25, 0.3) is 5.89 Å². The molecule has 2 heterocycles. The summed E-state index contributed by atoms with van der Waals surface area (Å²) in [5, 5.41) is 5.86. The van der Waals surface area contributed by atoms with Crippen molar-refractivity contribution in [3.05, 3.63) is 17.3 Å². The molecule has 0 saturated heterocycles. The third-order valence-corrected chi connectivity index (χ3v) is 3.61. The number of aromatic nitrogens is 2. The summed E-state index contributed by atoms with van der Waals surface area (Å²) in [5.41, 5.74) is 5.40. The molecular formula is C13H19N3O3S. The van der Waals surface area contributed by atoms with Gasteiger partial charge in [-0.05, 0) is 24.8 Å². The summed E-state index contributed by atoms with van der Waals surface area (Å²) in [6, 6.07) is 1.86. The fraction of sp³-hybridized carbons (Fsp3) is 0.538. The van der Waals surface area contributed by atoms with Crippen LogP contribution in [-0.2, 0) is 10.3 Å². The van der Waals surface area contributed by atoms with Crippen molar-refractivity contribution in [1.82, 2.24) is 10.1 Å². The zero-order chi connectivity index (χ0) is 14.6. The standard InChI is InChI=1S/C13H19N3O3S/c1-4-6-18-8-13(2,14)12-15-11(19-16-12)10-9(17-3)5-7-20-10/h5,7H,4,6,8,14H2,1-3H3. The van der Waals surface area contributed by atoms with Gasteiger partial charge in [-0.15, -0.1) is 11.3 Å². The fourth-order valence-electron chi connectivity index (χ4n) is 1.65. The van der Waals surface area contributed by atoms with Gasteiger partial charge in [-0.2, -0.15) is 4.98 Å². The average Bonchev–Trinajstić information content (AvgIpc) is 3.07. The lowest BCUT2D eigenvalue weighted by Crippen LogP contribution is -2.39. The van der Waals surface area contributed by atoms with E-state index in [9.17, 15) is 0 Å². The van der Waals surface area contributed by atoms with Gasteiger partial charge in [0.05, 0.1) is 13.7 Å². The Morgan fingerprint density at radius 1 is 1.50 bits per heavy atom. The van der Waals surface area contributed by atoms with Crippen LogP contribution in [0, 0.1) is 0 Å². The molecule has 2 N–H and O–H groups in total. The van der Waals surface area contributed by atoms with Crippen molar-refractivity contribution < 1.29 is 14.0 Å². The van der Waals surface area contributed by atoms with E-state index in [0.29, 0.717) is 30.7 Å². The van der Waals surface area contributed by atoms with Crippen LogP contribution in [0.3, 0.4) is 0 Å². The van der Waals surface area contributed by atoms with Crippen molar-refractivity contribution in [3.8, 4) is 16.5 Å². The first-order valence-corrected chi connectivity index (χ1v) is 7.29. The minimum atomic E-state index is -0.776. The maximum Gasteiger partial charge on any atom is 0.271 e. The van der Waals surface area contributed by atoms with Crippen LogP contribution >= 0.6 is 11.3 Å². The van der Waals surface area contributed by atoms with Gasteiger partial charge in [-0.1, -0.05) is 12.1 Å². The topological polar surface area (TPSA) is 83.4 Å². The van der Waals surface area contributed by atoms with Gasteiger partial charge in [0.1, 0.15) is 16.2 Å². The predicted molar refractivity (Wildman–Crippen MR) is 76.8 cm³/mol. The number of hydrogen-bond donors (Lipinski definition) is 1. The van der Waals surface area contributed by atoms with Crippen LogP contribution in [-0.4, -0.2) is 30.5 Å². The van der Waals surface area contributed by atoms with E-state index in [0.717, 1.165) is 11.3 Å². The fourth-order valence-corrected chi connectivity index (χ4v) is 2.43. The summed E-state index contributed by atoms with van der Waals surface area (Å²) in [7, 11) is 1.61. The number of ether oxygens (including phenoxy) is 2. The number of thiophene rings is 1. The normalized spacial score (nSPS) is 14.2. The molecule has 0 aliphatic carbocycles. The Kier molecular flexibility index (Phi) is 4.74. The second-order valence-electron chi connectivity index (χ2n) is 4.71. The Hall–Kier alpha value is -1.44. The number of hydrogen-bond acceptors (Lipinski definition) is 7. The maximum atomic E-state index is 6.18. The Morgan fingerprint density at radius 3 is 3.00 bits per heavy atom.